The van der Waals surface area contributed by atoms with Crippen LogP contribution in [0.1, 0.15) is 51.9 Å². The number of hydrogen-bond donors (Lipinski definition) is 0. The van der Waals surface area contributed by atoms with E-state index in [1.54, 1.807) is 0 Å². The molecule has 1 aliphatic carbocycles. The van der Waals surface area contributed by atoms with Gasteiger partial charge in [0.05, 0.1) is 26.7 Å². The van der Waals surface area contributed by atoms with Crippen LogP contribution in [-0.2, 0) is 0 Å². The molecule has 0 N–H and O–H groups in total. The maximum absolute atomic E-state index is 2.49. The minimum Gasteiger partial charge on any atom is -0.326 e. The average Bonchev–Trinajstić information content (AvgIpc) is 2.74. The highest BCUT2D eigenvalue weighted by molar-refractivity contribution is 4.88. The Kier molecular flexibility index (Phi) is 2.88. The van der Waals surface area contributed by atoms with Gasteiger partial charge in [0.1, 0.15) is 0 Å². The van der Waals surface area contributed by atoms with Crippen LogP contribution in [0.15, 0.2) is 0 Å². The molecule has 0 aromatic carbocycles. The Morgan fingerprint density at radius 2 is 1.86 bits per heavy atom. The predicted molar refractivity (Wildman–Crippen MR) is 61.2 cm³/mol. The molecule has 1 spiro atoms. The van der Waals surface area contributed by atoms with Gasteiger partial charge in [-0.3, -0.25) is 0 Å². The van der Waals surface area contributed by atoms with Crippen molar-refractivity contribution in [2.75, 3.05) is 26.7 Å². The van der Waals surface area contributed by atoms with E-state index in [0.717, 1.165) is 5.41 Å². The monoisotopic (exact) mass is 196 g/mol. The van der Waals surface area contributed by atoms with Crippen LogP contribution in [0.3, 0.4) is 0 Å². The van der Waals surface area contributed by atoms with Gasteiger partial charge in [-0.1, -0.05) is 26.2 Å². The third kappa shape index (κ3) is 1.98. The Labute approximate surface area is 89.1 Å². The molecule has 2 rings (SSSR count). The molecule has 2 fully saturated rings. The van der Waals surface area contributed by atoms with Gasteiger partial charge in [-0.25, -0.2) is 0 Å². The SMILES string of the molecule is CCCC[N+]1(C)CCC2(CCCC2)C1. The summed E-state index contributed by atoms with van der Waals surface area (Å²) in [5, 5.41) is 0. The minimum absolute atomic E-state index is 0.794. The van der Waals surface area contributed by atoms with Crippen molar-refractivity contribution in [2.45, 2.75) is 51.9 Å². The maximum atomic E-state index is 2.49. The summed E-state index contributed by atoms with van der Waals surface area (Å²) in [4.78, 5) is 0. The molecule has 14 heavy (non-hydrogen) atoms. The summed E-state index contributed by atoms with van der Waals surface area (Å²) in [6, 6.07) is 0. The zero-order chi connectivity index (χ0) is 10.1. The Hall–Kier alpha value is -0.0400. The molecule has 1 heterocycles. The molecule has 0 bridgehead atoms. The summed E-state index contributed by atoms with van der Waals surface area (Å²) >= 11 is 0. The van der Waals surface area contributed by atoms with E-state index < -0.39 is 0 Å². The molecular weight excluding hydrogens is 170 g/mol. The summed E-state index contributed by atoms with van der Waals surface area (Å²) in [7, 11) is 2.49. The number of rotatable bonds is 3. The van der Waals surface area contributed by atoms with Gasteiger partial charge in [0.25, 0.3) is 0 Å². The summed E-state index contributed by atoms with van der Waals surface area (Å²) in [6.07, 6.45) is 10.4. The Morgan fingerprint density at radius 3 is 2.50 bits per heavy atom. The smallest absolute Gasteiger partial charge is 0.0843 e. The standard InChI is InChI=1S/C13H26N/c1-3-4-10-14(2)11-9-13(12-14)7-5-6-8-13/h3-12H2,1-2H3/q+1. The summed E-state index contributed by atoms with van der Waals surface area (Å²) in [5.41, 5.74) is 0.794. The average molecular weight is 196 g/mol. The van der Waals surface area contributed by atoms with Crippen LogP contribution in [0.5, 0.6) is 0 Å². The van der Waals surface area contributed by atoms with Gasteiger partial charge in [-0.2, -0.15) is 0 Å². The Balaban J connectivity index is 1.92. The molecule has 1 unspecified atom stereocenters. The van der Waals surface area contributed by atoms with E-state index in [9.17, 15) is 0 Å². The van der Waals surface area contributed by atoms with Crippen LogP contribution < -0.4 is 0 Å². The summed E-state index contributed by atoms with van der Waals surface area (Å²) in [5.74, 6) is 0. The van der Waals surface area contributed by atoms with Crippen LogP contribution in [0.25, 0.3) is 0 Å². The van der Waals surface area contributed by atoms with Crippen LogP contribution in [-0.4, -0.2) is 31.2 Å². The lowest BCUT2D eigenvalue weighted by Crippen LogP contribution is -2.43. The van der Waals surface area contributed by atoms with Gasteiger partial charge >= 0.3 is 0 Å². The molecule has 0 aromatic heterocycles. The Bertz CT molecular complexity index is 193. The molecule has 1 saturated heterocycles. The van der Waals surface area contributed by atoms with Gasteiger partial charge in [0.2, 0.25) is 0 Å². The van der Waals surface area contributed by atoms with Crippen LogP contribution >= 0.6 is 0 Å². The van der Waals surface area contributed by atoms with E-state index in [1.807, 2.05) is 0 Å². The topological polar surface area (TPSA) is 0 Å². The zero-order valence-electron chi connectivity index (χ0n) is 10.0. The molecule has 0 aromatic rings. The minimum atomic E-state index is 0.794. The molecule has 1 nitrogen and oxygen atoms in total. The largest absolute Gasteiger partial charge is 0.326 e. The number of likely N-dealkylation sites (tertiary alicyclic amines) is 1. The van der Waals surface area contributed by atoms with E-state index in [2.05, 4.69) is 14.0 Å². The first-order chi connectivity index (χ1) is 6.68. The molecule has 1 heteroatoms. The molecule has 0 radical (unpaired) electrons. The van der Waals surface area contributed by atoms with Crippen molar-refractivity contribution in [1.29, 1.82) is 0 Å². The molecule has 82 valence electrons. The van der Waals surface area contributed by atoms with Crippen LogP contribution in [0.2, 0.25) is 0 Å². The first-order valence-corrected chi connectivity index (χ1v) is 6.52. The van der Waals surface area contributed by atoms with E-state index in [4.69, 9.17) is 0 Å². The second-order valence-electron chi connectivity index (χ2n) is 6.04. The van der Waals surface area contributed by atoms with Crippen molar-refractivity contribution >= 4 is 0 Å². The summed E-state index contributed by atoms with van der Waals surface area (Å²) in [6.45, 7) is 6.69. The molecular formula is C13H26N+. The molecule has 2 aliphatic rings. The third-order valence-corrected chi connectivity index (χ3v) is 4.61. The van der Waals surface area contributed by atoms with E-state index in [-0.39, 0.29) is 0 Å². The highest BCUT2D eigenvalue weighted by Gasteiger charge is 2.47. The van der Waals surface area contributed by atoms with Crippen LogP contribution in [0.4, 0.5) is 0 Å². The second kappa shape index (κ2) is 3.84. The fourth-order valence-electron chi connectivity index (χ4n) is 3.74. The first-order valence-electron chi connectivity index (χ1n) is 6.52. The van der Waals surface area contributed by atoms with Gasteiger partial charge in [0, 0.05) is 11.8 Å². The molecule has 0 amide bonds. The van der Waals surface area contributed by atoms with Gasteiger partial charge in [0.15, 0.2) is 0 Å². The second-order valence-corrected chi connectivity index (χ2v) is 6.04. The quantitative estimate of drug-likeness (QED) is 0.608. The van der Waals surface area contributed by atoms with Crippen molar-refractivity contribution in [3.63, 3.8) is 0 Å². The van der Waals surface area contributed by atoms with E-state index >= 15 is 0 Å². The van der Waals surface area contributed by atoms with Crippen molar-refractivity contribution in [2.24, 2.45) is 5.41 Å². The third-order valence-electron chi connectivity index (χ3n) is 4.61. The van der Waals surface area contributed by atoms with Gasteiger partial charge in [-0.15, -0.1) is 0 Å². The lowest BCUT2D eigenvalue weighted by atomic mass is 9.85. The molecule has 1 atom stereocenters. The number of unbranched alkanes of at least 4 members (excludes halogenated alkanes) is 1. The highest BCUT2D eigenvalue weighted by Crippen LogP contribution is 2.47. The van der Waals surface area contributed by atoms with E-state index in [1.165, 1.54) is 69.1 Å². The zero-order valence-corrected chi connectivity index (χ0v) is 10.0. The lowest BCUT2D eigenvalue weighted by molar-refractivity contribution is -0.900. The number of nitrogens with zero attached hydrogens (tertiary/aromatic N) is 1. The Morgan fingerprint density at radius 1 is 1.14 bits per heavy atom. The van der Waals surface area contributed by atoms with E-state index in [0.29, 0.717) is 0 Å². The van der Waals surface area contributed by atoms with Crippen molar-refractivity contribution in [3.8, 4) is 0 Å². The highest BCUT2D eigenvalue weighted by atomic mass is 15.4. The molecule has 1 aliphatic heterocycles. The predicted octanol–water partition coefficient (Wildman–Crippen LogP) is 3.20. The van der Waals surface area contributed by atoms with Gasteiger partial charge in [-0.05, 0) is 19.3 Å². The number of hydrogen-bond acceptors (Lipinski definition) is 0. The summed E-state index contributed by atoms with van der Waals surface area (Å²) < 4.78 is 1.38. The van der Waals surface area contributed by atoms with Crippen LogP contribution in [0, 0.1) is 5.41 Å². The first kappa shape index (κ1) is 10.5. The van der Waals surface area contributed by atoms with Crippen molar-refractivity contribution in [1.82, 2.24) is 0 Å². The lowest BCUT2D eigenvalue weighted by Gasteiger charge is -2.32. The fourth-order valence-corrected chi connectivity index (χ4v) is 3.74. The van der Waals surface area contributed by atoms with Crippen molar-refractivity contribution in [3.05, 3.63) is 0 Å². The number of quaternary nitrogens is 1. The maximum Gasteiger partial charge on any atom is 0.0843 e. The van der Waals surface area contributed by atoms with Gasteiger partial charge < -0.3 is 4.48 Å². The molecule has 1 saturated carbocycles. The fraction of sp³-hybridized carbons (Fsp3) is 1.00. The normalized spacial score (nSPS) is 35.6. The van der Waals surface area contributed by atoms with Crippen molar-refractivity contribution < 1.29 is 4.48 Å².